The van der Waals surface area contributed by atoms with E-state index in [2.05, 4.69) is 10.1 Å². The summed E-state index contributed by atoms with van der Waals surface area (Å²) in [7, 11) is 1.15. The van der Waals surface area contributed by atoms with Gasteiger partial charge in [0.1, 0.15) is 5.82 Å². The fraction of sp³-hybridized carbons (Fsp3) is 0.333. The third-order valence-corrected chi connectivity index (χ3v) is 2.42. The van der Waals surface area contributed by atoms with Gasteiger partial charge in [0.15, 0.2) is 0 Å². The number of nitrogens with one attached hydrogen (secondary N) is 1. The van der Waals surface area contributed by atoms with Gasteiger partial charge in [0.25, 0.3) is 0 Å². The minimum Gasteiger partial charge on any atom is -0.465 e. The van der Waals surface area contributed by atoms with Gasteiger partial charge in [0, 0.05) is 5.69 Å². The van der Waals surface area contributed by atoms with E-state index in [1.807, 2.05) is 0 Å². The third-order valence-electron chi connectivity index (χ3n) is 2.42. The molecule has 1 unspecified atom stereocenters. The Balaban J connectivity index is 2.92. The molecule has 0 fully saturated rings. The monoisotopic (exact) mass is 254 g/mol. The van der Waals surface area contributed by atoms with Gasteiger partial charge in [-0.3, -0.25) is 4.79 Å². The van der Waals surface area contributed by atoms with E-state index in [-0.39, 0.29) is 11.5 Å². The van der Waals surface area contributed by atoms with E-state index >= 15 is 0 Å². The molecule has 1 amide bonds. The highest BCUT2D eigenvalue weighted by atomic mass is 19.1. The summed E-state index contributed by atoms with van der Waals surface area (Å²) in [4.78, 5) is 22.8. The third kappa shape index (κ3) is 3.27. The number of esters is 1. The van der Waals surface area contributed by atoms with Crippen LogP contribution in [0.1, 0.15) is 23.7 Å². The number of rotatable bonds is 4. The number of methoxy groups -OCH3 is 1. The molecule has 0 aliphatic rings. The molecular formula is C12H15FN2O3. The first-order valence-electron chi connectivity index (χ1n) is 5.44. The number of nitrogens with two attached hydrogens (primary N) is 1. The topological polar surface area (TPSA) is 81.4 Å². The molecule has 3 N–H and O–H groups in total. The molecule has 6 heteroatoms. The standard InChI is InChI=1S/C12H15FN2O3/c1-3-10(14)11(16)15-7-4-5-9(13)8(6-7)12(17)18-2/h4-6,10H,3,14H2,1-2H3,(H,15,16). The van der Waals surface area contributed by atoms with Crippen LogP contribution in [0.3, 0.4) is 0 Å². The number of halogens is 1. The van der Waals surface area contributed by atoms with Crippen LogP contribution in [0.2, 0.25) is 0 Å². The molecule has 1 atom stereocenters. The minimum atomic E-state index is -0.802. The van der Waals surface area contributed by atoms with Gasteiger partial charge < -0.3 is 15.8 Å². The molecule has 0 bridgehead atoms. The van der Waals surface area contributed by atoms with Crippen molar-refractivity contribution in [1.29, 1.82) is 0 Å². The van der Waals surface area contributed by atoms with E-state index < -0.39 is 17.8 Å². The molecule has 5 nitrogen and oxygen atoms in total. The first-order chi connectivity index (χ1) is 8.49. The smallest absolute Gasteiger partial charge is 0.340 e. The number of ether oxygens (including phenoxy) is 1. The van der Waals surface area contributed by atoms with Crippen LogP contribution in [0.4, 0.5) is 10.1 Å². The van der Waals surface area contributed by atoms with Crippen LogP contribution in [-0.2, 0) is 9.53 Å². The summed E-state index contributed by atoms with van der Waals surface area (Å²) < 4.78 is 17.8. The normalized spacial score (nSPS) is 11.8. The minimum absolute atomic E-state index is 0.236. The van der Waals surface area contributed by atoms with Gasteiger partial charge in [0.2, 0.25) is 5.91 Å². The van der Waals surface area contributed by atoms with Gasteiger partial charge in [0.05, 0.1) is 18.7 Å². The molecule has 0 spiro atoms. The predicted octanol–water partition coefficient (Wildman–Crippen LogP) is 1.29. The first kappa shape index (κ1) is 14.1. The second-order valence-electron chi connectivity index (χ2n) is 3.69. The average molecular weight is 254 g/mol. The lowest BCUT2D eigenvalue weighted by Gasteiger charge is -2.11. The van der Waals surface area contributed by atoms with E-state index in [4.69, 9.17) is 5.73 Å². The largest absolute Gasteiger partial charge is 0.465 e. The molecule has 0 aliphatic carbocycles. The molecular weight excluding hydrogens is 239 g/mol. The van der Waals surface area contributed by atoms with E-state index in [0.29, 0.717) is 12.1 Å². The molecule has 0 saturated heterocycles. The van der Waals surface area contributed by atoms with E-state index in [1.54, 1.807) is 6.92 Å². The van der Waals surface area contributed by atoms with E-state index in [0.717, 1.165) is 13.2 Å². The van der Waals surface area contributed by atoms with Gasteiger partial charge in [-0.15, -0.1) is 0 Å². The van der Waals surface area contributed by atoms with Crippen molar-refractivity contribution in [2.75, 3.05) is 12.4 Å². The Morgan fingerprint density at radius 1 is 1.50 bits per heavy atom. The van der Waals surface area contributed by atoms with Gasteiger partial charge in [-0.2, -0.15) is 0 Å². The molecule has 0 heterocycles. The summed E-state index contributed by atoms with van der Waals surface area (Å²) in [6.07, 6.45) is 0.483. The summed E-state index contributed by atoms with van der Waals surface area (Å²) in [5, 5.41) is 2.50. The molecule has 0 aromatic heterocycles. The first-order valence-corrected chi connectivity index (χ1v) is 5.44. The molecule has 1 rings (SSSR count). The highest BCUT2D eigenvalue weighted by molar-refractivity contribution is 5.96. The Bertz CT molecular complexity index is 463. The number of hydrogen-bond acceptors (Lipinski definition) is 4. The fourth-order valence-electron chi connectivity index (χ4n) is 1.29. The highest BCUT2D eigenvalue weighted by Gasteiger charge is 2.15. The second-order valence-corrected chi connectivity index (χ2v) is 3.69. The van der Waals surface area contributed by atoms with Gasteiger partial charge in [-0.05, 0) is 24.6 Å². The summed E-state index contributed by atoms with van der Waals surface area (Å²) in [6, 6.07) is 3.00. The average Bonchev–Trinajstić information content (AvgIpc) is 2.38. The Labute approximate surface area is 104 Å². The molecule has 0 saturated carbocycles. The quantitative estimate of drug-likeness (QED) is 0.793. The number of carbonyl (C=O) groups is 2. The molecule has 0 radical (unpaired) electrons. The summed E-state index contributed by atoms with van der Waals surface area (Å²) in [5.74, 6) is -1.90. The number of benzene rings is 1. The summed E-state index contributed by atoms with van der Waals surface area (Å²) in [5.41, 5.74) is 5.60. The van der Waals surface area contributed by atoms with Crippen LogP contribution >= 0.6 is 0 Å². The van der Waals surface area contributed by atoms with Crippen molar-refractivity contribution in [3.63, 3.8) is 0 Å². The van der Waals surface area contributed by atoms with Crippen LogP contribution in [0, 0.1) is 5.82 Å². The Morgan fingerprint density at radius 2 is 2.17 bits per heavy atom. The van der Waals surface area contributed by atoms with Crippen molar-refractivity contribution in [2.45, 2.75) is 19.4 Å². The molecule has 1 aromatic rings. The van der Waals surface area contributed by atoms with Crippen molar-refractivity contribution < 1.29 is 18.7 Å². The second kappa shape index (κ2) is 6.11. The zero-order chi connectivity index (χ0) is 13.7. The predicted molar refractivity (Wildman–Crippen MR) is 64.6 cm³/mol. The van der Waals surface area contributed by atoms with E-state index in [9.17, 15) is 14.0 Å². The lowest BCUT2D eigenvalue weighted by atomic mass is 10.1. The van der Waals surface area contributed by atoms with E-state index in [1.165, 1.54) is 12.1 Å². The van der Waals surface area contributed by atoms with Gasteiger partial charge in [-0.1, -0.05) is 6.92 Å². The van der Waals surface area contributed by atoms with Crippen molar-refractivity contribution >= 4 is 17.6 Å². The van der Waals surface area contributed by atoms with Crippen LogP contribution in [-0.4, -0.2) is 25.0 Å². The molecule has 0 aliphatic heterocycles. The molecule has 98 valence electrons. The maximum Gasteiger partial charge on any atom is 0.340 e. The van der Waals surface area contributed by atoms with Gasteiger partial charge in [-0.25, -0.2) is 9.18 Å². The number of amides is 1. The van der Waals surface area contributed by atoms with Crippen molar-refractivity contribution in [2.24, 2.45) is 5.73 Å². The number of carbonyl (C=O) groups excluding carboxylic acids is 2. The molecule has 18 heavy (non-hydrogen) atoms. The van der Waals surface area contributed by atoms with Crippen LogP contribution in [0.5, 0.6) is 0 Å². The maximum absolute atomic E-state index is 13.3. The zero-order valence-corrected chi connectivity index (χ0v) is 10.2. The Morgan fingerprint density at radius 3 is 2.72 bits per heavy atom. The Hall–Kier alpha value is -1.95. The summed E-state index contributed by atoms with van der Waals surface area (Å²) >= 11 is 0. The van der Waals surface area contributed by atoms with Crippen molar-refractivity contribution in [3.05, 3.63) is 29.6 Å². The van der Waals surface area contributed by atoms with Gasteiger partial charge >= 0.3 is 5.97 Å². The van der Waals surface area contributed by atoms with Crippen molar-refractivity contribution in [1.82, 2.24) is 0 Å². The lowest BCUT2D eigenvalue weighted by Crippen LogP contribution is -2.34. The van der Waals surface area contributed by atoms with Crippen LogP contribution in [0.15, 0.2) is 18.2 Å². The lowest BCUT2D eigenvalue weighted by molar-refractivity contribution is -0.117. The number of hydrogen-bond donors (Lipinski definition) is 2. The zero-order valence-electron chi connectivity index (χ0n) is 10.2. The number of anilines is 1. The van der Waals surface area contributed by atoms with Crippen LogP contribution in [0.25, 0.3) is 0 Å². The summed E-state index contributed by atoms with van der Waals surface area (Å²) in [6.45, 7) is 1.77. The van der Waals surface area contributed by atoms with Crippen LogP contribution < -0.4 is 11.1 Å². The Kier molecular flexibility index (Phi) is 4.79. The highest BCUT2D eigenvalue weighted by Crippen LogP contribution is 2.16. The SMILES string of the molecule is CCC(N)C(=O)Nc1ccc(F)c(C(=O)OC)c1. The fourth-order valence-corrected chi connectivity index (χ4v) is 1.29. The van der Waals surface area contributed by atoms with Crippen molar-refractivity contribution in [3.8, 4) is 0 Å². The maximum atomic E-state index is 13.3. The molecule has 1 aromatic carbocycles.